The maximum atomic E-state index is 13.2. The van der Waals surface area contributed by atoms with E-state index >= 15 is 0 Å². The Morgan fingerprint density at radius 2 is 2.06 bits per heavy atom. The van der Waals surface area contributed by atoms with Crippen molar-refractivity contribution < 1.29 is 18.0 Å². The summed E-state index contributed by atoms with van der Waals surface area (Å²) >= 11 is 0. The largest absolute Gasteiger partial charge is 0.391 e. The van der Waals surface area contributed by atoms with Gasteiger partial charge < -0.3 is 9.40 Å². The molecule has 0 unspecified atom stereocenters. The predicted octanol–water partition coefficient (Wildman–Crippen LogP) is 2.32. The average molecular weight is 454 g/mol. The third-order valence-corrected chi connectivity index (χ3v) is 6.10. The van der Waals surface area contributed by atoms with Crippen molar-refractivity contribution in [1.82, 2.24) is 14.5 Å². The Balaban J connectivity index is 1.68. The van der Waals surface area contributed by atoms with E-state index in [0.717, 1.165) is 11.0 Å². The molecule has 0 atom stereocenters. The minimum Gasteiger partial charge on any atom is -0.391 e. The van der Waals surface area contributed by atoms with Gasteiger partial charge in [-0.25, -0.2) is 13.4 Å². The molecule has 166 valence electrons. The van der Waals surface area contributed by atoms with Gasteiger partial charge in [-0.1, -0.05) is 29.9 Å². The van der Waals surface area contributed by atoms with E-state index in [0.29, 0.717) is 30.0 Å². The molecule has 0 aliphatic carbocycles. The van der Waals surface area contributed by atoms with Crippen LogP contribution in [0.15, 0.2) is 60.5 Å². The molecule has 0 saturated heterocycles. The zero-order valence-electron chi connectivity index (χ0n) is 17.6. The quantitative estimate of drug-likeness (QED) is 0.280. The molecule has 0 bridgehead atoms. The molecule has 32 heavy (non-hydrogen) atoms. The monoisotopic (exact) mass is 453 g/mol. The minimum absolute atomic E-state index is 0.0752. The molecule has 0 radical (unpaired) electrons. The van der Waals surface area contributed by atoms with Gasteiger partial charge in [0.05, 0.1) is 35.2 Å². The number of sulfone groups is 1. The second kappa shape index (κ2) is 8.91. The van der Waals surface area contributed by atoms with E-state index in [9.17, 15) is 13.2 Å². The lowest BCUT2D eigenvalue weighted by Gasteiger charge is -2.17. The molecule has 2 aromatic heterocycles. The third kappa shape index (κ3) is 4.40. The molecule has 1 aliphatic heterocycles. The summed E-state index contributed by atoms with van der Waals surface area (Å²) in [6.45, 7) is 4.42. The second-order valence-electron chi connectivity index (χ2n) is 7.46. The van der Waals surface area contributed by atoms with Crippen LogP contribution in [-0.2, 0) is 32.6 Å². The number of rotatable bonds is 9. The first kappa shape index (κ1) is 21.7. The fourth-order valence-electron chi connectivity index (χ4n) is 3.68. The zero-order chi connectivity index (χ0) is 22.7. The average Bonchev–Trinajstić information content (AvgIpc) is 3.24. The minimum atomic E-state index is -3.08. The van der Waals surface area contributed by atoms with Gasteiger partial charge in [0, 0.05) is 24.6 Å². The van der Waals surface area contributed by atoms with Crippen LogP contribution in [0.3, 0.4) is 0 Å². The lowest BCUT2D eigenvalue weighted by atomic mass is 10.2. The molecule has 1 amide bonds. The smallest absolute Gasteiger partial charge is 0.281 e. The van der Waals surface area contributed by atoms with E-state index in [1.807, 2.05) is 28.8 Å². The number of amides is 1. The van der Waals surface area contributed by atoms with Gasteiger partial charge in [-0.3, -0.25) is 14.7 Å². The number of nitrogens with zero attached hydrogens (tertiary/aromatic N) is 5. The van der Waals surface area contributed by atoms with Gasteiger partial charge in [0.25, 0.3) is 5.91 Å². The number of pyridine rings is 1. The van der Waals surface area contributed by atoms with Crippen LogP contribution in [0.1, 0.15) is 17.8 Å². The van der Waals surface area contributed by atoms with Crippen LogP contribution < -0.4 is 4.90 Å². The number of oxime groups is 1. The molecule has 10 heteroatoms. The highest BCUT2D eigenvalue weighted by Crippen LogP contribution is 2.30. The lowest BCUT2D eigenvalue weighted by molar-refractivity contribution is -0.112. The van der Waals surface area contributed by atoms with Gasteiger partial charge >= 0.3 is 0 Å². The zero-order valence-corrected chi connectivity index (χ0v) is 18.5. The fraction of sp³-hybridized carbons (Fsp3) is 0.273. The van der Waals surface area contributed by atoms with Crippen LogP contribution in [0.5, 0.6) is 0 Å². The highest BCUT2D eigenvalue weighted by Gasteiger charge is 2.36. The Labute approximate surface area is 185 Å². The molecule has 3 aromatic rings. The van der Waals surface area contributed by atoms with Gasteiger partial charge in [-0.2, -0.15) is 0 Å². The number of aromatic nitrogens is 3. The fourth-order valence-corrected chi connectivity index (χ4v) is 4.33. The molecule has 1 aromatic carbocycles. The number of carbonyl (C=O) groups is 1. The number of anilines is 1. The normalized spacial score (nSPS) is 14.8. The Bertz CT molecular complexity index is 1310. The highest BCUT2D eigenvalue weighted by molar-refractivity contribution is 7.90. The third-order valence-electron chi connectivity index (χ3n) is 5.07. The van der Waals surface area contributed by atoms with Crippen LogP contribution in [-0.4, -0.2) is 53.2 Å². The van der Waals surface area contributed by atoms with E-state index in [1.54, 1.807) is 29.4 Å². The summed E-state index contributed by atoms with van der Waals surface area (Å²) in [4.78, 5) is 28.8. The first-order valence-corrected chi connectivity index (χ1v) is 12.1. The molecular weight excluding hydrogens is 430 g/mol. The van der Waals surface area contributed by atoms with Crippen LogP contribution >= 0.6 is 0 Å². The summed E-state index contributed by atoms with van der Waals surface area (Å²) in [5.74, 6) is 0.411. The molecular formula is C22H23N5O4S. The van der Waals surface area contributed by atoms with Crippen molar-refractivity contribution in [1.29, 1.82) is 0 Å². The molecule has 0 spiro atoms. The van der Waals surface area contributed by atoms with Gasteiger partial charge in [-0.05, 0) is 24.6 Å². The molecule has 3 heterocycles. The van der Waals surface area contributed by atoms with Gasteiger partial charge in [0.15, 0.2) is 5.71 Å². The van der Waals surface area contributed by atoms with Crippen molar-refractivity contribution in [2.24, 2.45) is 5.16 Å². The van der Waals surface area contributed by atoms with Crippen molar-refractivity contribution in [3.05, 3.63) is 66.8 Å². The number of carbonyl (C=O) groups excluding carboxylic acids is 1. The highest BCUT2D eigenvalue weighted by atomic mass is 32.2. The summed E-state index contributed by atoms with van der Waals surface area (Å²) in [5.41, 5.74) is 3.12. The van der Waals surface area contributed by atoms with E-state index in [-0.39, 0.29) is 30.5 Å². The van der Waals surface area contributed by atoms with E-state index in [4.69, 9.17) is 9.82 Å². The Morgan fingerprint density at radius 3 is 2.84 bits per heavy atom. The number of fused-ring (bicyclic) bond motifs is 2. The number of imidazole rings is 1. The SMILES string of the molecule is C=CCO/N=C1\C(=O)N(Cc2nc3ccccc3n2CCCS(C)(=O)=O)c2cnccc21. The maximum absolute atomic E-state index is 13.2. The summed E-state index contributed by atoms with van der Waals surface area (Å²) in [7, 11) is -3.08. The van der Waals surface area contributed by atoms with E-state index in [2.05, 4.69) is 16.7 Å². The van der Waals surface area contributed by atoms with Gasteiger partial charge in [-0.15, -0.1) is 0 Å². The topological polar surface area (TPSA) is 107 Å². The van der Waals surface area contributed by atoms with Crippen molar-refractivity contribution in [3.8, 4) is 0 Å². The van der Waals surface area contributed by atoms with Crippen LogP contribution in [0.25, 0.3) is 11.0 Å². The Morgan fingerprint density at radius 1 is 1.25 bits per heavy atom. The Hall–Kier alpha value is -3.53. The first-order chi connectivity index (χ1) is 15.4. The van der Waals surface area contributed by atoms with Crippen LogP contribution in [0, 0.1) is 0 Å². The van der Waals surface area contributed by atoms with Gasteiger partial charge in [0.2, 0.25) is 0 Å². The van der Waals surface area contributed by atoms with Crippen molar-refractivity contribution in [2.45, 2.75) is 19.5 Å². The number of hydrogen-bond donors (Lipinski definition) is 0. The van der Waals surface area contributed by atoms with E-state index < -0.39 is 9.84 Å². The number of hydrogen-bond acceptors (Lipinski definition) is 7. The number of para-hydroxylation sites is 2. The van der Waals surface area contributed by atoms with Crippen molar-refractivity contribution in [3.63, 3.8) is 0 Å². The molecule has 0 N–H and O–H groups in total. The summed E-state index contributed by atoms with van der Waals surface area (Å²) in [6, 6.07) is 9.34. The summed E-state index contributed by atoms with van der Waals surface area (Å²) in [6.07, 6.45) is 6.43. The molecule has 1 aliphatic rings. The summed E-state index contributed by atoms with van der Waals surface area (Å²) < 4.78 is 25.2. The molecule has 0 saturated carbocycles. The van der Waals surface area contributed by atoms with E-state index in [1.165, 1.54) is 6.26 Å². The second-order valence-corrected chi connectivity index (χ2v) is 9.72. The number of aryl methyl sites for hydroxylation is 1. The summed E-state index contributed by atoms with van der Waals surface area (Å²) in [5, 5.41) is 4.00. The van der Waals surface area contributed by atoms with Crippen molar-refractivity contribution >= 4 is 38.2 Å². The Kier molecular flexibility index (Phi) is 6.04. The molecule has 4 rings (SSSR count). The number of benzene rings is 1. The molecule has 9 nitrogen and oxygen atoms in total. The lowest BCUT2D eigenvalue weighted by Crippen LogP contribution is -2.31. The first-order valence-electron chi connectivity index (χ1n) is 10.1. The standard InChI is InChI=1S/C22H23N5O4S/c1-3-12-31-25-21-16-9-10-23-14-19(16)27(22(21)28)15-20-24-17-7-4-5-8-18(17)26(20)11-6-13-32(2,29)30/h3-5,7-10,14H,1,6,11-13,15H2,2H3/b25-21-. The maximum Gasteiger partial charge on any atom is 0.281 e. The van der Waals surface area contributed by atoms with Crippen LogP contribution in [0.2, 0.25) is 0 Å². The van der Waals surface area contributed by atoms with Crippen LogP contribution in [0.4, 0.5) is 5.69 Å². The molecule has 0 fully saturated rings. The predicted molar refractivity (Wildman–Crippen MR) is 122 cm³/mol. The van der Waals surface area contributed by atoms with Crippen molar-refractivity contribution in [2.75, 3.05) is 23.5 Å². The van der Waals surface area contributed by atoms with Gasteiger partial charge in [0.1, 0.15) is 22.3 Å².